The van der Waals surface area contributed by atoms with Gasteiger partial charge in [0, 0.05) is 0 Å². The normalized spacial score (nSPS) is 12.2. The van der Waals surface area contributed by atoms with Crippen LogP contribution in [0.15, 0.2) is 29.4 Å². The van der Waals surface area contributed by atoms with Crippen molar-refractivity contribution in [3.63, 3.8) is 0 Å². The van der Waals surface area contributed by atoms with Gasteiger partial charge in [0.25, 0.3) is 0 Å². The van der Waals surface area contributed by atoms with Gasteiger partial charge in [-0.15, -0.1) is 10.2 Å². The molecule has 0 aliphatic rings. The standard InChI is InChI=1S/C12H13FN4O2S/c1-7(11(18)19-2)20-12-16-15-10(17(12)14)8-5-3-4-6-9(8)13/h3-7H,14H2,1-2H3/t7-/m0/s1. The van der Waals surface area contributed by atoms with Gasteiger partial charge < -0.3 is 10.6 Å². The minimum absolute atomic E-state index is 0.197. The lowest BCUT2D eigenvalue weighted by Gasteiger charge is -2.08. The van der Waals surface area contributed by atoms with E-state index in [4.69, 9.17) is 5.84 Å². The molecule has 2 rings (SSSR count). The Bertz CT molecular complexity index is 632. The molecular formula is C12H13FN4O2S. The van der Waals surface area contributed by atoms with Crippen LogP contribution in [0.25, 0.3) is 11.4 Å². The van der Waals surface area contributed by atoms with Crippen LogP contribution in [0.1, 0.15) is 6.92 Å². The maximum Gasteiger partial charge on any atom is 0.318 e. The third-order valence-corrected chi connectivity index (χ3v) is 3.63. The molecule has 0 saturated heterocycles. The van der Waals surface area contributed by atoms with Gasteiger partial charge in [-0.2, -0.15) is 0 Å². The second-order valence-electron chi connectivity index (χ2n) is 3.94. The number of carbonyl (C=O) groups excluding carboxylic acids is 1. The molecule has 1 aromatic heterocycles. The Morgan fingerprint density at radius 3 is 2.80 bits per heavy atom. The number of hydrogen-bond acceptors (Lipinski definition) is 6. The van der Waals surface area contributed by atoms with E-state index in [-0.39, 0.29) is 11.4 Å². The van der Waals surface area contributed by atoms with Crippen molar-refractivity contribution in [3.8, 4) is 11.4 Å². The number of aromatic nitrogens is 3. The van der Waals surface area contributed by atoms with E-state index in [1.165, 1.54) is 13.2 Å². The van der Waals surface area contributed by atoms with Crippen LogP contribution in [0.4, 0.5) is 4.39 Å². The van der Waals surface area contributed by atoms with E-state index < -0.39 is 17.0 Å². The molecule has 2 aromatic rings. The Labute approximate surface area is 119 Å². The summed E-state index contributed by atoms with van der Waals surface area (Å²) in [5.74, 6) is 5.20. The molecular weight excluding hydrogens is 283 g/mol. The first-order chi connectivity index (χ1) is 9.54. The topological polar surface area (TPSA) is 83.0 Å². The lowest BCUT2D eigenvalue weighted by Crippen LogP contribution is -2.18. The SMILES string of the molecule is COC(=O)[C@H](C)Sc1nnc(-c2ccccc2F)n1N. The van der Waals surface area contributed by atoms with Crippen molar-refractivity contribution in [1.82, 2.24) is 14.9 Å². The van der Waals surface area contributed by atoms with Crippen molar-refractivity contribution in [1.29, 1.82) is 0 Å². The van der Waals surface area contributed by atoms with Crippen molar-refractivity contribution in [2.75, 3.05) is 13.0 Å². The molecule has 1 atom stereocenters. The summed E-state index contributed by atoms with van der Waals surface area (Å²) in [5, 5.41) is 7.55. The molecule has 2 N–H and O–H groups in total. The van der Waals surface area contributed by atoms with Gasteiger partial charge in [-0.05, 0) is 19.1 Å². The number of hydrogen-bond donors (Lipinski definition) is 1. The third-order valence-electron chi connectivity index (χ3n) is 2.59. The molecule has 1 aromatic carbocycles. The van der Waals surface area contributed by atoms with E-state index in [1.54, 1.807) is 25.1 Å². The van der Waals surface area contributed by atoms with Gasteiger partial charge in [0.2, 0.25) is 5.16 Å². The zero-order valence-electron chi connectivity index (χ0n) is 10.9. The van der Waals surface area contributed by atoms with E-state index in [0.29, 0.717) is 5.16 Å². The quantitative estimate of drug-likeness (QED) is 0.522. The van der Waals surface area contributed by atoms with Crippen molar-refractivity contribution >= 4 is 17.7 Å². The summed E-state index contributed by atoms with van der Waals surface area (Å²) in [6.07, 6.45) is 0. The van der Waals surface area contributed by atoms with Gasteiger partial charge in [0.05, 0.1) is 12.7 Å². The Hall–Kier alpha value is -2.09. The summed E-state index contributed by atoms with van der Waals surface area (Å²) in [6.45, 7) is 1.66. The van der Waals surface area contributed by atoms with E-state index in [2.05, 4.69) is 14.9 Å². The maximum absolute atomic E-state index is 13.7. The number of methoxy groups -OCH3 is 1. The Morgan fingerprint density at radius 2 is 2.15 bits per heavy atom. The maximum atomic E-state index is 13.7. The lowest BCUT2D eigenvalue weighted by molar-refractivity contribution is -0.139. The van der Waals surface area contributed by atoms with Gasteiger partial charge in [0.1, 0.15) is 11.1 Å². The first-order valence-corrected chi connectivity index (χ1v) is 6.62. The zero-order chi connectivity index (χ0) is 14.7. The van der Waals surface area contributed by atoms with Crippen LogP contribution in [0.5, 0.6) is 0 Å². The fraction of sp³-hybridized carbons (Fsp3) is 0.250. The van der Waals surface area contributed by atoms with Crippen LogP contribution in [0.2, 0.25) is 0 Å². The third kappa shape index (κ3) is 2.74. The number of nitrogen functional groups attached to an aromatic ring is 1. The molecule has 0 aliphatic heterocycles. The molecule has 0 amide bonds. The summed E-state index contributed by atoms with van der Waals surface area (Å²) in [6, 6.07) is 6.12. The predicted octanol–water partition coefficient (Wildman–Crippen LogP) is 1.45. The smallest absolute Gasteiger partial charge is 0.318 e. The van der Waals surface area contributed by atoms with Gasteiger partial charge in [-0.25, -0.2) is 9.07 Å². The lowest BCUT2D eigenvalue weighted by atomic mass is 10.2. The van der Waals surface area contributed by atoms with Gasteiger partial charge >= 0.3 is 5.97 Å². The minimum atomic E-state index is -0.486. The van der Waals surface area contributed by atoms with E-state index in [0.717, 1.165) is 16.4 Å². The number of benzene rings is 1. The van der Waals surface area contributed by atoms with E-state index in [9.17, 15) is 9.18 Å². The molecule has 0 aliphatic carbocycles. The Morgan fingerprint density at radius 1 is 1.45 bits per heavy atom. The highest BCUT2D eigenvalue weighted by Crippen LogP contribution is 2.26. The number of thioether (sulfide) groups is 1. The molecule has 20 heavy (non-hydrogen) atoms. The van der Waals surface area contributed by atoms with Crippen molar-refractivity contribution in [2.45, 2.75) is 17.3 Å². The van der Waals surface area contributed by atoms with Crippen molar-refractivity contribution in [2.24, 2.45) is 0 Å². The van der Waals surface area contributed by atoms with Crippen LogP contribution < -0.4 is 5.84 Å². The van der Waals surface area contributed by atoms with Gasteiger partial charge in [-0.1, -0.05) is 23.9 Å². The first kappa shape index (κ1) is 14.3. The zero-order valence-corrected chi connectivity index (χ0v) is 11.7. The summed E-state index contributed by atoms with van der Waals surface area (Å²) in [4.78, 5) is 11.4. The molecule has 6 nitrogen and oxygen atoms in total. The second kappa shape index (κ2) is 5.91. The molecule has 1 heterocycles. The fourth-order valence-electron chi connectivity index (χ4n) is 1.56. The molecule has 0 spiro atoms. The monoisotopic (exact) mass is 296 g/mol. The highest BCUT2D eigenvalue weighted by Gasteiger charge is 2.21. The number of rotatable bonds is 4. The largest absolute Gasteiger partial charge is 0.468 e. The predicted molar refractivity (Wildman–Crippen MR) is 72.9 cm³/mol. The highest BCUT2D eigenvalue weighted by atomic mass is 32.2. The minimum Gasteiger partial charge on any atom is -0.468 e. The van der Waals surface area contributed by atoms with Crippen LogP contribution in [-0.2, 0) is 9.53 Å². The average Bonchev–Trinajstić information content (AvgIpc) is 2.80. The first-order valence-electron chi connectivity index (χ1n) is 5.74. The molecule has 0 radical (unpaired) electrons. The second-order valence-corrected chi connectivity index (χ2v) is 5.25. The summed E-state index contributed by atoms with van der Waals surface area (Å²) in [5.41, 5.74) is 0.250. The van der Waals surface area contributed by atoms with E-state index in [1.807, 2.05) is 0 Å². The summed E-state index contributed by atoms with van der Waals surface area (Å²) < 4.78 is 19.5. The average molecular weight is 296 g/mol. The van der Waals surface area contributed by atoms with Gasteiger partial charge in [-0.3, -0.25) is 4.79 Å². The Balaban J connectivity index is 2.28. The Kier molecular flexibility index (Phi) is 4.23. The number of carbonyl (C=O) groups is 1. The molecule has 0 unspecified atom stereocenters. The summed E-state index contributed by atoms with van der Waals surface area (Å²) >= 11 is 1.09. The van der Waals surface area contributed by atoms with Crippen LogP contribution in [0.3, 0.4) is 0 Å². The van der Waals surface area contributed by atoms with Crippen LogP contribution >= 0.6 is 11.8 Å². The van der Waals surface area contributed by atoms with E-state index >= 15 is 0 Å². The number of nitrogens with two attached hydrogens (primary N) is 1. The fourth-order valence-corrected chi connectivity index (χ4v) is 2.35. The molecule has 8 heteroatoms. The molecule has 106 valence electrons. The number of esters is 1. The molecule has 0 bridgehead atoms. The number of ether oxygens (including phenoxy) is 1. The van der Waals surface area contributed by atoms with Crippen molar-refractivity contribution in [3.05, 3.63) is 30.1 Å². The number of nitrogens with zero attached hydrogens (tertiary/aromatic N) is 3. The summed E-state index contributed by atoms with van der Waals surface area (Å²) in [7, 11) is 1.30. The van der Waals surface area contributed by atoms with Crippen molar-refractivity contribution < 1.29 is 13.9 Å². The van der Waals surface area contributed by atoms with Gasteiger partial charge in [0.15, 0.2) is 5.82 Å². The number of halogens is 1. The van der Waals surface area contributed by atoms with Crippen LogP contribution in [-0.4, -0.2) is 33.2 Å². The highest BCUT2D eigenvalue weighted by molar-refractivity contribution is 8.00. The molecule has 0 saturated carbocycles. The van der Waals surface area contributed by atoms with Crippen LogP contribution in [0, 0.1) is 5.82 Å². The molecule has 0 fully saturated rings.